The second-order valence-electron chi connectivity index (χ2n) is 7.04. The molecule has 3 heterocycles. The molecule has 0 bridgehead atoms. The van der Waals surface area contributed by atoms with Crippen LogP contribution in [-0.2, 0) is 0 Å². The van der Waals surface area contributed by atoms with Gasteiger partial charge in [0.15, 0.2) is 0 Å². The Morgan fingerprint density at radius 1 is 1.07 bits per heavy atom. The van der Waals surface area contributed by atoms with Crippen molar-refractivity contribution in [1.29, 1.82) is 0 Å². The number of nitrogens with one attached hydrogen (secondary N) is 2. The summed E-state index contributed by atoms with van der Waals surface area (Å²) in [5.74, 6) is 1.08. The molecule has 1 fully saturated rings. The monoisotopic (exact) mass is 374 g/mol. The van der Waals surface area contributed by atoms with E-state index in [4.69, 9.17) is 4.99 Å². The van der Waals surface area contributed by atoms with Crippen molar-refractivity contribution >= 4 is 33.5 Å². The molecule has 2 aliphatic rings. The fourth-order valence-electron chi connectivity index (χ4n) is 3.84. The third kappa shape index (κ3) is 3.13. The van der Waals surface area contributed by atoms with Gasteiger partial charge in [-0.25, -0.2) is 4.99 Å². The predicted octanol–water partition coefficient (Wildman–Crippen LogP) is 4.84. The molecule has 27 heavy (non-hydrogen) atoms. The summed E-state index contributed by atoms with van der Waals surface area (Å²) in [5, 5.41) is 8.44. The van der Waals surface area contributed by atoms with Gasteiger partial charge in [0.05, 0.1) is 16.9 Å². The van der Waals surface area contributed by atoms with Gasteiger partial charge in [-0.15, -0.1) is 11.3 Å². The number of piperazine rings is 1. The quantitative estimate of drug-likeness (QED) is 0.640. The van der Waals surface area contributed by atoms with E-state index in [2.05, 4.69) is 83.1 Å². The maximum atomic E-state index is 5.10. The number of rotatable bonds is 1. The Bertz CT molecular complexity index is 993. The lowest BCUT2D eigenvalue weighted by Crippen LogP contribution is -2.48. The number of benzene rings is 2. The van der Waals surface area contributed by atoms with Gasteiger partial charge >= 0.3 is 0 Å². The molecule has 2 N–H and O–H groups in total. The van der Waals surface area contributed by atoms with Crippen molar-refractivity contribution in [3.8, 4) is 0 Å². The number of aryl methyl sites for hydroxylation is 1. The van der Waals surface area contributed by atoms with Crippen molar-refractivity contribution in [3.63, 3.8) is 0 Å². The minimum atomic E-state index is 0.317. The van der Waals surface area contributed by atoms with Crippen molar-refractivity contribution in [1.82, 2.24) is 10.2 Å². The zero-order valence-electron chi connectivity index (χ0n) is 15.3. The normalized spacial score (nSPS) is 18.8. The average molecular weight is 375 g/mol. The number of hydrogen-bond donors (Lipinski definition) is 2. The van der Waals surface area contributed by atoms with Crippen LogP contribution in [0.2, 0.25) is 0 Å². The summed E-state index contributed by atoms with van der Waals surface area (Å²) in [4.78, 5) is 8.84. The Kier molecular flexibility index (Phi) is 4.19. The van der Waals surface area contributed by atoms with Crippen molar-refractivity contribution in [3.05, 3.63) is 76.7 Å². The topological polar surface area (TPSA) is 39.7 Å². The van der Waals surface area contributed by atoms with Crippen LogP contribution in [0.5, 0.6) is 0 Å². The van der Waals surface area contributed by atoms with E-state index < -0.39 is 0 Å². The summed E-state index contributed by atoms with van der Waals surface area (Å²) in [7, 11) is 0. The molecule has 1 atom stereocenters. The van der Waals surface area contributed by atoms with Gasteiger partial charge in [0.25, 0.3) is 0 Å². The van der Waals surface area contributed by atoms with Gasteiger partial charge in [0.2, 0.25) is 0 Å². The summed E-state index contributed by atoms with van der Waals surface area (Å²) in [5.41, 5.74) is 4.62. The molecule has 136 valence electrons. The fourth-order valence-corrected chi connectivity index (χ4v) is 4.76. The van der Waals surface area contributed by atoms with Crippen molar-refractivity contribution < 1.29 is 0 Å². The maximum absolute atomic E-state index is 5.10. The van der Waals surface area contributed by atoms with Gasteiger partial charge in [-0.2, -0.15) is 0 Å². The van der Waals surface area contributed by atoms with Crippen LogP contribution in [0.1, 0.15) is 22.0 Å². The van der Waals surface area contributed by atoms with E-state index in [1.54, 1.807) is 11.3 Å². The zero-order valence-corrected chi connectivity index (χ0v) is 16.1. The highest BCUT2D eigenvalue weighted by Crippen LogP contribution is 2.39. The van der Waals surface area contributed by atoms with Crippen molar-refractivity contribution in [2.45, 2.75) is 13.0 Å². The van der Waals surface area contributed by atoms with E-state index in [1.807, 2.05) is 0 Å². The second kappa shape index (κ2) is 6.83. The highest BCUT2D eigenvalue weighted by Gasteiger charge is 2.28. The molecule has 0 radical (unpaired) electrons. The molecule has 1 saturated heterocycles. The lowest BCUT2D eigenvalue weighted by molar-refractivity contribution is 0.295. The second-order valence-corrected chi connectivity index (χ2v) is 8.30. The standard InChI is InChI=1S/C22H22N4S/c1-15-13-17-21(24-18-9-5-6-10-19(18)25-22(17)27-15)26-12-11-23-20(14-26)16-7-3-2-4-8-16/h2-10,13,20,23,25H,11-12,14H2,1H3. The van der Waals surface area contributed by atoms with Crippen LogP contribution in [0.15, 0.2) is 65.7 Å². The van der Waals surface area contributed by atoms with Crippen LogP contribution in [0.3, 0.4) is 0 Å². The minimum Gasteiger partial charge on any atom is -0.353 e. The number of nitrogens with zero attached hydrogens (tertiary/aromatic N) is 2. The number of hydrogen-bond acceptors (Lipinski definition) is 5. The zero-order chi connectivity index (χ0) is 18.2. The smallest absolute Gasteiger partial charge is 0.139 e. The summed E-state index contributed by atoms with van der Waals surface area (Å²) < 4.78 is 0. The summed E-state index contributed by atoms with van der Waals surface area (Å²) in [6.07, 6.45) is 0. The molecule has 0 amide bonds. The van der Waals surface area contributed by atoms with Crippen LogP contribution >= 0.6 is 11.3 Å². The Balaban J connectivity index is 1.55. The van der Waals surface area contributed by atoms with Crippen molar-refractivity contribution in [2.24, 2.45) is 4.99 Å². The van der Waals surface area contributed by atoms with Gasteiger partial charge in [-0.1, -0.05) is 42.5 Å². The third-order valence-electron chi connectivity index (χ3n) is 5.15. The molecular weight excluding hydrogens is 352 g/mol. The Morgan fingerprint density at radius 2 is 1.89 bits per heavy atom. The van der Waals surface area contributed by atoms with Crippen molar-refractivity contribution in [2.75, 3.05) is 25.0 Å². The molecule has 2 aliphatic heterocycles. The molecule has 4 nitrogen and oxygen atoms in total. The molecule has 0 aliphatic carbocycles. The van der Waals surface area contributed by atoms with Gasteiger partial charge in [0, 0.05) is 30.6 Å². The number of anilines is 2. The summed E-state index contributed by atoms with van der Waals surface area (Å²) in [6, 6.07) is 21.6. The lowest BCUT2D eigenvalue weighted by Gasteiger charge is -2.36. The van der Waals surface area contributed by atoms with E-state index >= 15 is 0 Å². The van der Waals surface area contributed by atoms with Gasteiger partial charge < -0.3 is 15.5 Å². The molecule has 5 heteroatoms. The minimum absolute atomic E-state index is 0.317. The maximum Gasteiger partial charge on any atom is 0.139 e. The Morgan fingerprint density at radius 3 is 2.78 bits per heavy atom. The molecule has 1 unspecified atom stereocenters. The van der Waals surface area contributed by atoms with Gasteiger partial charge in [-0.05, 0) is 30.7 Å². The van der Waals surface area contributed by atoms with E-state index in [0.717, 1.165) is 36.8 Å². The van der Waals surface area contributed by atoms with E-state index in [9.17, 15) is 0 Å². The molecule has 2 aromatic carbocycles. The fraction of sp³-hybridized carbons (Fsp3) is 0.227. The van der Waals surface area contributed by atoms with Crippen LogP contribution in [0.25, 0.3) is 0 Å². The first-order valence-electron chi connectivity index (χ1n) is 9.37. The summed E-state index contributed by atoms with van der Waals surface area (Å²) in [6.45, 7) is 4.99. The average Bonchev–Trinajstić information content (AvgIpc) is 3.00. The highest BCUT2D eigenvalue weighted by molar-refractivity contribution is 7.16. The van der Waals surface area contributed by atoms with Gasteiger partial charge in [0.1, 0.15) is 10.8 Å². The van der Waals surface area contributed by atoms with E-state index in [-0.39, 0.29) is 0 Å². The van der Waals surface area contributed by atoms with E-state index in [0.29, 0.717) is 6.04 Å². The molecular formula is C22H22N4S. The SMILES string of the molecule is Cc1cc2c(s1)Nc1ccccc1N=C2N1CCNC(c2ccccc2)C1. The van der Waals surface area contributed by atoms with Gasteiger partial charge in [-0.3, -0.25) is 0 Å². The number of aliphatic imine (C=N–C) groups is 1. The largest absolute Gasteiger partial charge is 0.353 e. The number of thiophene rings is 1. The van der Waals surface area contributed by atoms with Crippen LogP contribution < -0.4 is 10.6 Å². The Hall–Kier alpha value is -2.63. The first-order valence-corrected chi connectivity index (χ1v) is 10.2. The van der Waals surface area contributed by atoms with Crippen LogP contribution in [-0.4, -0.2) is 30.4 Å². The first-order chi connectivity index (χ1) is 13.3. The Labute approximate surface area is 163 Å². The molecule has 5 rings (SSSR count). The molecule has 3 aromatic rings. The number of fused-ring (bicyclic) bond motifs is 2. The number of para-hydroxylation sites is 2. The highest BCUT2D eigenvalue weighted by atomic mass is 32.1. The molecule has 0 saturated carbocycles. The van der Waals surface area contributed by atoms with E-state index in [1.165, 1.54) is 21.0 Å². The molecule has 0 spiro atoms. The number of amidine groups is 1. The lowest BCUT2D eigenvalue weighted by atomic mass is 10.0. The van der Waals surface area contributed by atoms with Crippen LogP contribution in [0, 0.1) is 6.92 Å². The first kappa shape index (κ1) is 16.5. The third-order valence-corrected chi connectivity index (χ3v) is 6.12. The molecule has 1 aromatic heterocycles. The van der Waals surface area contributed by atoms with Crippen LogP contribution in [0.4, 0.5) is 16.4 Å². The predicted molar refractivity (Wildman–Crippen MR) is 114 cm³/mol. The summed E-state index contributed by atoms with van der Waals surface area (Å²) >= 11 is 1.80.